The molecule has 1 aromatic carbocycles. The second-order valence-corrected chi connectivity index (χ2v) is 5.99. The maximum absolute atomic E-state index is 4.75. The summed E-state index contributed by atoms with van der Waals surface area (Å²) < 4.78 is 3.33. The number of halogens is 1. The molecule has 0 aliphatic carbocycles. The van der Waals surface area contributed by atoms with Crippen molar-refractivity contribution in [1.29, 1.82) is 0 Å². The van der Waals surface area contributed by atoms with Crippen LogP contribution < -0.4 is 5.32 Å². The van der Waals surface area contributed by atoms with Gasteiger partial charge in [-0.15, -0.1) is 0 Å². The highest BCUT2D eigenvalue weighted by molar-refractivity contribution is 9.10. The van der Waals surface area contributed by atoms with Gasteiger partial charge in [0.15, 0.2) is 0 Å². The Kier molecular flexibility index (Phi) is 3.39. The van der Waals surface area contributed by atoms with E-state index in [4.69, 9.17) is 4.98 Å². The van der Waals surface area contributed by atoms with Gasteiger partial charge in [0.05, 0.1) is 11.0 Å². The highest BCUT2D eigenvalue weighted by Crippen LogP contribution is 2.21. The highest BCUT2D eigenvalue weighted by atomic mass is 79.9. The Morgan fingerprint density at radius 2 is 2.33 bits per heavy atom. The fraction of sp³-hybridized carbons (Fsp3) is 0.500. The summed E-state index contributed by atoms with van der Waals surface area (Å²) in [7, 11) is 2.11. The standard InChI is InChI=1S/C14H18BrN3/c1-18-13-8-10(15)5-6-12(13)17-14(18)9-11-4-2-3-7-16-11/h5-6,8,11,16H,2-4,7,9H2,1H3. The summed E-state index contributed by atoms with van der Waals surface area (Å²) in [6.45, 7) is 1.15. The van der Waals surface area contributed by atoms with Gasteiger partial charge in [0.1, 0.15) is 5.82 Å². The Morgan fingerprint density at radius 1 is 1.44 bits per heavy atom. The molecule has 1 aliphatic heterocycles. The molecule has 3 rings (SSSR count). The molecule has 1 saturated heterocycles. The van der Waals surface area contributed by atoms with E-state index in [-0.39, 0.29) is 0 Å². The van der Waals surface area contributed by atoms with Crippen LogP contribution in [0.25, 0.3) is 11.0 Å². The zero-order valence-electron chi connectivity index (χ0n) is 10.6. The van der Waals surface area contributed by atoms with Gasteiger partial charge in [0, 0.05) is 24.0 Å². The lowest BCUT2D eigenvalue weighted by Gasteiger charge is -2.23. The average Bonchev–Trinajstić information content (AvgIpc) is 2.68. The summed E-state index contributed by atoms with van der Waals surface area (Å²) in [6.07, 6.45) is 4.95. The lowest BCUT2D eigenvalue weighted by molar-refractivity contribution is 0.392. The first kappa shape index (κ1) is 12.2. The average molecular weight is 308 g/mol. The van der Waals surface area contributed by atoms with Crippen molar-refractivity contribution in [3.63, 3.8) is 0 Å². The molecule has 2 aromatic rings. The van der Waals surface area contributed by atoms with Crippen molar-refractivity contribution in [3.8, 4) is 0 Å². The lowest BCUT2D eigenvalue weighted by Crippen LogP contribution is -2.36. The molecule has 1 fully saturated rings. The van der Waals surface area contributed by atoms with E-state index in [1.165, 1.54) is 30.6 Å². The van der Waals surface area contributed by atoms with Crippen LogP contribution in [0.15, 0.2) is 22.7 Å². The molecule has 4 heteroatoms. The van der Waals surface area contributed by atoms with Crippen LogP contribution in [-0.4, -0.2) is 22.1 Å². The van der Waals surface area contributed by atoms with E-state index < -0.39 is 0 Å². The number of piperidine rings is 1. The Hall–Kier alpha value is -0.870. The fourth-order valence-electron chi connectivity index (χ4n) is 2.71. The van der Waals surface area contributed by atoms with Gasteiger partial charge in [-0.05, 0) is 37.6 Å². The van der Waals surface area contributed by atoms with Crippen LogP contribution >= 0.6 is 15.9 Å². The minimum atomic E-state index is 0.595. The molecule has 18 heavy (non-hydrogen) atoms. The van der Waals surface area contributed by atoms with E-state index in [1.807, 2.05) is 0 Å². The minimum absolute atomic E-state index is 0.595. The first-order valence-electron chi connectivity index (χ1n) is 6.58. The molecule has 0 bridgehead atoms. The summed E-state index contributed by atoms with van der Waals surface area (Å²) in [5, 5.41) is 3.59. The summed E-state index contributed by atoms with van der Waals surface area (Å²) >= 11 is 3.52. The predicted molar refractivity (Wildman–Crippen MR) is 77.8 cm³/mol. The van der Waals surface area contributed by atoms with Crippen molar-refractivity contribution in [2.24, 2.45) is 7.05 Å². The predicted octanol–water partition coefficient (Wildman–Crippen LogP) is 3.02. The third kappa shape index (κ3) is 2.31. The number of benzene rings is 1. The Balaban J connectivity index is 1.89. The van der Waals surface area contributed by atoms with Gasteiger partial charge in [-0.25, -0.2) is 4.98 Å². The number of aromatic nitrogens is 2. The van der Waals surface area contributed by atoms with E-state index in [9.17, 15) is 0 Å². The summed E-state index contributed by atoms with van der Waals surface area (Å²) in [5.41, 5.74) is 2.29. The molecule has 1 aliphatic rings. The molecule has 0 amide bonds. The second-order valence-electron chi connectivity index (χ2n) is 5.07. The molecule has 1 N–H and O–H groups in total. The third-order valence-corrected chi connectivity index (χ3v) is 4.27. The van der Waals surface area contributed by atoms with Gasteiger partial charge in [-0.3, -0.25) is 0 Å². The normalized spacial score (nSPS) is 20.4. The number of imidazole rings is 1. The van der Waals surface area contributed by atoms with Crippen LogP contribution in [0.4, 0.5) is 0 Å². The molecule has 0 radical (unpaired) electrons. The Bertz CT molecular complexity index is 555. The number of rotatable bonds is 2. The smallest absolute Gasteiger partial charge is 0.111 e. The van der Waals surface area contributed by atoms with Crippen LogP contribution in [0.2, 0.25) is 0 Å². The Labute approximate surface area is 116 Å². The lowest BCUT2D eigenvalue weighted by atomic mass is 10.0. The molecule has 1 aromatic heterocycles. The summed E-state index contributed by atoms with van der Waals surface area (Å²) in [4.78, 5) is 4.75. The first-order chi connectivity index (χ1) is 8.74. The van der Waals surface area contributed by atoms with Gasteiger partial charge in [-0.2, -0.15) is 0 Å². The topological polar surface area (TPSA) is 29.9 Å². The van der Waals surface area contributed by atoms with Crippen molar-refractivity contribution in [1.82, 2.24) is 14.9 Å². The van der Waals surface area contributed by atoms with E-state index in [1.54, 1.807) is 0 Å². The van der Waals surface area contributed by atoms with Crippen LogP contribution in [0.1, 0.15) is 25.1 Å². The van der Waals surface area contributed by atoms with Gasteiger partial charge in [0.2, 0.25) is 0 Å². The number of hydrogen-bond acceptors (Lipinski definition) is 2. The van der Waals surface area contributed by atoms with E-state index in [0.717, 1.165) is 23.0 Å². The number of nitrogens with one attached hydrogen (secondary N) is 1. The van der Waals surface area contributed by atoms with Crippen molar-refractivity contribution in [3.05, 3.63) is 28.5 Å². The maximum Gasteiger partial charge on any atom is 0.111 e. The van der Waals surface area contributed by atoms with Crippen LogP contribution in [-0.2, 0) is 13.5 Å². The molecule has 96 valence electrons. The van der Waals surface area contributed by atoms with E-state index in [0.29, 0.717) is 6.04 Å². The SMILES string of the molecule is Cn1c(CC2CCCCN2)nc2ccc(Br)cc21. The van der Waals surface area contributed by atoms with E-state index in [2.05, 4.69) is 51.1 Å². The molecule has 1 atom stereocenters. The van der Waals surface area contributed by atoms with Crippen molar-refractivity contribution < 1.29 is 0 Å². The molecule has 2 heterocycles. The highest BCUT2D eigenvalue weighted by Gasteiger charge is 2.16. The zero-order valence-corrected chi connectivity index (χ0v) is 12.2. The largest absolute Gasteiger partial charge is 0.331 e. The van der Waals surface area contributed by atoms with Gasteiger partial charge >= 0.3 is 0 Å². The summed E-state index contributed by atoms with van der Waals surface area (Å²) in [6, 6.07) is 6.87. The van der Waals surface area contributed by atoms with Crippen molar-refractivity contribution in [2.45, 2.75) is 31.7 Å². The maximum atomic E-state index is 4.75. The third-order valence-electron chi connectivity index (χ3n) is 3.78. The van der Waals surface area contributed by atoms with E-state index >= 15 is 0 Å². The van der Waals surface area contributed by atoms with Gasteiger partial charge < -0.3 is 9.88 Å². The molecule has 0 saturated carbocycles. The second kappa shape index (κ2) is 5.02. The minimum Gasteiger partial charge on any atom is -0.331 e. The molecule has 0 spiro atoms. The van der Waals surface area contributed by atoms with Crippen molar-refractivity contribution >= 4 is 27.0 Å². The molecule has 1 unspecified atom stereocenters. The summed E-state index contributed by atoms with van der Waals surface area (Å²) in [5.74, 6) is 1.18. The van der Waals surface area contributed by atoms with Crippen LogP contribution in [0.3, 0.4) is 0 Å². The number of nitrogens with zero attached hydrogens (tertiary/aromatic N) is 2. The molecular weight excluding hydrogens is 290 g/mol. The molecule has 3 nitrogen and oxygen atoms in total. The van der Waals surface area contributed by atoms with Crippen molar-refractivity contribution in [2.75, 3.05) is 6.54 Å². The van der Waals surface area contributed by atoms with Gasteiger partial charge in [0.25, 0.3) is 0 Å². The zero-order chi connectivity index (χ0) is 12.5. The number of hydrogen-bond donors (Lipinski definition) is 1. The van der Waals surface area contributed by atoms with Gasteiger partial charge in [-0.1, -0.05) is 22.4 Å². The molecular formula is C14H18BrN3. The monoisotopic (exact) mass is 307 g/mol. The first-order valence-corrected chi connectivity index (χ1v) is 7.37. The number of aryl methyl sites for hydroxylation is 1. The van der Waals surface area contributed by atoms with Crippen LogP contribution in [0, 0.1) is 0 Å². The fourth-order valence-corrected chi connectivity index (χ4v) is 3.06. The van der Waals surface area contributed by atoms with Crippen LogP contribution in [0.5, 0.6) is 0 Å². The Morgan fingerprint density at radius 3 is 3.11 bits per heavy atom. The number of fused-ring (bicyclic) bond motifs is 1. The quantitative estimate of drug-likeness (QED) is 0.924.